The van der Waals surface area contributed by atoms with Crippen LogP contribution in [0.4, 0.5) is 10.2 Å². The van der Waals surface area contributed by atoms with E-state index in [-0.39, 0.29) is 34.9 Å². The summed E-state index contributed by atoms with van der Waals surface area (Å²) in [5, 5.41) is 18.7. The monoisotopic (exact) mass is 438 g/mol. The summed E-state index contributed by atoms with van der Waals surface area (Å²) in [4.78, 5) is 14.3. The van der Waals surface area contributed by atoms with Gasteiger partial charge >= 0.3 is 0 Å². The highest BCUT2D eigenvalue weighted by molar-refractivity contribution is 9.10. The Labute approximate surface area is 167 Å². The lowest BCUT2D eigenvalue weighted by molar-refractivity contribution is 0.305. The number of aromatic amines is 1. The van der Waals surface area contributed by atoms with Crippen molar-refractivity contribution in [2.45, 2.75) is 6.61 Å². The predicted octanol–water partition coefficient (Wildman–Crippen LogP) is 3.85. The van der Waals surface area contributed by atoms with E-state index in [9.17, 15) is 19.7 Å². The molecule has 0 atom stereocenters. The topological polar surface area (TPSA) is 116 Å². The van der Waals surface area contributed by atoms with Crippen molar-refractivity contribution in [2.75, 3.05) is 5.73 Å². The SMILES string of the molecule is N#Cc1c(N)[nH]c(=O)c(C#N)c1-c1ccc(OCc2cc(F)ccc2Br)cc1. The van der Waals surface area contributed by atoms with Crippen LogP contribution < -0.4 is 16.0 Å². The number of hydrogen-bond acceptors (Lipinski definition) is 5. The van der Waals surface area contributed by atoms with Crippen molar-refractivity contribution in [2.24, 2.45) is 0 Å². The standard InChI is InChI=1S/C20H12BrFN4O2/c21-17-6-3-13(22)7-12(17)10-28-14-4-1-11(2-5-14)18-15(8-23)19(25)26-20(27)16(18)9-24/h1-7H,10H2,(H3,25,26,27). The number of anilines is 1. The van der Waals surface area contributed by atoms with Gasteiger partial charge in [-0.2, -0.15) is 10.5 Å². The van der Waals surface area contributed by atoms with Gasteiger partial charge in [0.1, 0.15) is 47.3 Å². The molecule has 0 unspecified atom stereocenters. The van der Waals surface area contributed by atoms with Gasteiger partial charge in [-0.25, -0.2) is 4.39 Å². The minimum absolute atomic E-state index is 0.0218. The van der Waals surface area contributed by atoms with E-state index in [1.54, 1.807) is 30.3 Å². The van der Waals surface area contributed by atoms with Gasteiger partial charge < -0.3 is 15.5 Å². The number of benzene rings is 2. The molecule has 1 aromatic heterocycles. The summed E-state index contributed by atoms with van der Waals surface area (Å²) in [5.74, 6) is 0.0321. The van der Waals surface area contributed by atoms with Crippen molar-refractivity contribution in [3.8, 4) is 29.0 Å². The predicted molar refractivity (Wildman–Crippen MR) is 105 cm³/mol. The zero-order chi connectivity index (χ0) is 20.3. The van der Waals surface area contributed by atoms with Crippen LogP contribution in [0, 0.1) is 28.5 Å². The number of nitrogens with one attached hydrogen (secondary N) is 1. The molecule has 0 fully saturated rings. The number of pyridine rings is 1. The molecule has 138 valence electrons. The molecule has 8 heteroatoms. The molecule has 0 spiro atoms. The second-order valence-electron chi connectivity index (χ2n) is 5.77. The number of nitrogens with two attached hydrogens (primary N) is 1. The molecule has 6 nitrogen and oxygen atoms in total. The summed E-state index contributed by atoms with van der Waals surface area (Å²) in [6, 6.07) is 14.5. The van der Waals surface area contributed by atoms with Crippen molar-refractivity contribution < 1.29 is 9.13 Å². The lowest BCUT2D eigenvalue weighted by Crippen LogP contribution is -2.16. The van der Waals surface area contributed by atoms with E-state index in [4.69, 9.17) is 10.5 Å². The van der Waals surface area contributed by atoms with Crippen LogP contribution in [0.2, 0.25) is 0 Å². The minimum atomic E-state index is -0.662. The van der Waals surface area contributed by atoms with Gasteiger partial charge in [0.05, 0.1) is 0 Å². The number of nitriles is 2. The van der Waals surface area contributed by atoms with Crippen LogP contribution in [0.25, 0.3) is 11.1 Å². The van der Waals surface area contributed by atoms with Crippen LogP contribution in [0.5, 0.6) is 5.75 Å². The molecule has 0 saturated heterocycles. The van der Waals surface area contributed by atoms with Gasteiger partial charge in [0.25, 0.3) is 5.56 Å². The van der Waals surface area contributed by atoms with Gasteiger partial charge in [0.2, 0.25) is 0 Å². The highest BCUT2D eigenvalue weighted by atomic mass is 79.9. The van der Waals surface area contributed by atoms with Gasteiger partial charge in [-0.05, 0) is 35.9 Å². The molecular weight excluding hydrogens is 427 g/mol. The molecule has 0 radical (unpaired) electrons. The van der Waals surface area contributed by atoms with E-state index in [0.717, 1.165) is 4.47 Å². The Hall–Kier alpha value is -3.62. The third-order valence-electron chi connectivity index (χ3n) is 4.01. The molecule has 0 amide bonds. The second kappa shape index (κ2) is 7.95. The molecule has 28 heavy (non-hydrogen) atoms. The molecule has 3 N–H and O–H groups in total. The Morgan fingerprint density at radius 1 is 1.11 bits per heavy atom. The lowest BCUT2D eigenvalue weighted by Gasteiger charge is -2.11. The van der Waals surface area contributed by atoms with Crippen molar-refractivity contribution in [3.63, 3.8) is 0 Å². The third kappa shape index (κ3) is 3.73. The molecule has 3 rings (SSSR count). The molecule has 2 aromatic carbocycles. The maximum Gasteiger partial charge on any atom is 0.268 e. The fraction of sp³-hybridized carbons (Fsp3) is 0.0500. The Balaban J connectivity index is 1.92. The van der Waals surface area contributed by atoms with Crippen LogP contribution in [0.3, 0.4) is 0 Å². The quantitative estimate of drug-likeness (QED) is 0.641. The molecule has 0 aliphatic carbocycles. The van der Waals surface area contributed by atoms with Crippen molar-refractivity contribution in [1.82, 2.24) is 4.98 Å². The average Bonchev–Trinajstić information content (AvgIpc) is 2.68. The molecular formula is C20H12BrFN4O2. The summed E-state index contributed by atoms with van der Waals surface area (Å²) in [5.41, 5.74) is 6.18. The lowest BCUT2D eigenvalue weighted by atomic mass is 9.96. The van der Waals surface area contributed by atoms with E-state index < -0.39 is 5.56 Å². The van der Waals surface area contributed by atoms with Crippen LogP contribution in [0.15, 0.2) is 51.7 Å². The highest BCUT2D eigenvalue weighted by Crippen LogP contribution is 2.29. The Bertz CT molecular complexity index is 1190. The number of halogens is 2. The molecule has 0 saturated carbocycles. The minimum Gasteiger partial charge on any atom is -0.489 e. The number of H-pyrrole nitrogens is 1. The number of rotatable bonds is 4. The third-order valence-corrected chi connectivity index (χ3v) is 4.79. The van der Waals surface area contributed by atoms with Crippen molar-refractivity contribution >= 4 is 21.7 Å². The van der Waals surface area contributed by atoms with Gasteiger partial charge in [-0.15, -0.1) is 0 Å². The van der Waals surface area contributed by atoms with E-state index in [1.807, 2.05) is 12.1 Å². The molecule has 3 aromatic rings. The highest BCUT2D eigenvalue weighted by Gasteiger charge is 2.18. The maximum atomic E-state index is 13.4. The van der Waals surface area contributed by atoms with Crippen LogP contribution in [0.1, 0.15) is 16.7 Å². The molecule has 0 aliphatic heterocycles. The fourth-order valence-electron chi connectivity index (χ4n) is 2.66. The zero-order valence-corrected chi connectivity index (χ0v) is 15.9. The van der Waals surface area contributed by atoms with Crippen LogP contribution in [-0.4, -0.2) is 4.98 Å². The van der Waals surface area contributed by atoms with Crippen LogP contribution in [-0.2, 0) is 6.61 Å². The zero-order valence-electron chi connectivity index (χ0n) is 14.3. The van der Waals surface area contributed by atoms with Crippen molar-refractivity contribution in [1.29, 1.82) is 10.5 Å². The van der Waals surface area contributed by atoms with E-state index >= 15 is 0 Å². The summed E-state index contributed by atoms with van der Waals surface area (Å²) in [7, 11) is 0. The maximum absolute atomic E-state index is 13.4. The summed E-state index contributed by atoms with van der Waals surface area (Å²) in [6.45, 7) is 0.141. The largest absolute Gasteiger partial charge is 0.489 e. The van der Waals surface area contributed by atoms with Gasteiger partial charge in [-0.1, -0.05) is 28.1 Å². The Kier molecular flexibility index (Phi) is 5.44. The molecule has 0 bridgehead atoms. The number of aromatic nitrogens is 1. The second-order valence-corrected chi connectivity index (χ2v) is 6.62. The molecule has 0 aliphatic rings. The first-order valence-corrected chi connectivity index (χ1v) is 8.77. The first-order chi connectivity index (χ1) is 13.4. The van der Waals surface area contributed by atoms with Gasteiger partial charge in [-0.3, -0.25) is 4.79 Å². The smallest absolute Gasteiger partial charge is 0.268 e. The van der Waals surface area contributed by atoms with E-state index in [2.05, 4.69) is 20.9 Å². The summed E-state index contributed by atoms with van der Waals surface area (Å²) in [6.07, 6.45) is 0. The summed E-state index contributed by atoms with van der Waals surface area (Å²) < 4.78 is 19.7. The van der Waals surface area contributed by atoms with Gasteiger partial charge in [0, 0.05) is 15.6 Å². The van der Waals surface area contributed by atoms with Crippen LogP contribution >= 0.6 is 15.9 Å². The normalized spacial score (nSPS) is 10.1. The van der Waals surface area contributed by atoms with Crippen molar-refractivity contribution in [3.05, 3.63) is 79.8 Å². The van der Waals surface area contributed by atoms with Gasteiger partial charge in [0.15, 0.2) is 0 Å². The van der Waals surface area contributed by atoms with E-state index in [1.165, 1.54) is 12.1 Å². The summed E-state index contributed by atoms with van der Waals surface area (Å²) >= 11 is 3.34. The average molecular weight is 439 g/mol. The fourth-order valence-corrected chi connectivity index (χ4v) is 3.03. The first-order valence-electron chi connectivity index (χ1n) is 7.97. The number of ether oxygens (including phenoxy) is 1. The first kappa shape index (κ1) is 19.2. The van der Waals surface area contributed by atoms with E-state index in [0.29, 0.717) is 16.9 Å². The number of hydrogen-bond donors (Lipinski definition) is 2. The number of nitrogens with zero attached hydrogens (tertiary/aromatic N) is 2. The molecule has 1 heterocycles. The Morgan fingerprint density at radius 3 is 2.43 bits per heavy atom. The Morgan fingerprint density at radius 2 is 1.79 bits per heavy atom. The number of nitrogen functional groups attached to an aromatic ring is 1.